The highest BCUT2D eigenvalue weighted by molar-refractivity contribution is 7.91. The fourth-order valence-corrected chi connectivity index (χ4v) is 3.33. The Morgan fingerprint density at radius 3 is 2.20 bits per heavy atom. The van der Waals surface area contributed by atoms with Crippen molar-refractivity contribution in [1.29, 1.82) is 0 Å². The maximum absolute atomic E-state index is 12.2. The fraction of sp³-hybridized carbons (Fsp3) is 0.222. The van der Waals surface area contributed by atoms with Gasteiger partial charge in [0.2, 0.25) is 11.8 Å². The first kappa shape index (κ1) is 18.7. The second kappa shape index (κ2) is 8.43. The smallest absolute Gasteiger partial charge is 0.243 e. The molecule has 132 valence electrons. The van der Waals surface area contributed by atoms with Crippen molar-refractivity contribution in [3.05, 3.63) is 60.2 Å². The van der Waals surface area contributed by atoms with Crippen LogP contribution in [0, 0.1) is 6.92 Å². The first-order valence-corrected chi connectivity index (χ1v) is 9.43. The second-order valence-corrected chi connectivity index (χ2v) is 7.68. The van der Waals surface area contributed by atoms with Crippen LogP contribution in [-0.2, 0) is 19.4 Å². The summed E-state index contributed by atoms with van der Waals surface area (Å²) < 4.78 is 24.3. The van der Waals surface area contributed by atoms with E-state index in [1.807, 2.05) is 13.0 Å². The molecule has 0 bridgehead atoms. The number of benzene rings is 2. The number of carbonyl (C=O) groups is 2. The van der Waals surface area contributed by atoms with Gasteiger partial charge < -0.3 is 10.6 Å². The van der Waals surface area contributed by atoms with E-state index in [-0.39, 0.29) is 29.5 Å². The minimum Gasteiger partial charge on any atom is -0.347 e. The summed E-state index contributed by atoms with van der Waals surface area (Å²) in [6, 6.07) is 15.3. The van der Waals surface area contributed by atoms with Crippen LogP contribution in [0.15, 0.2) is 59.5 Å². The van der Waals surface area contributed by atoms with E-state index in [2.05, 4.69) is 10.6 Å². The lowest BCUT2D eigenvalue weighted by atomic mass is 10.2. The molecule has 0 aromatic heterocycles. The molecular formula is C18H20N2O4S. The molecule has 2 N–H and O–H groups in total. The molecule has 0 saturated carbocycles. The normalized spacial score (nSPS) is 10.9. The molecule has 0 spiro atoms. The van der Waals surface area contributed by atoms with Gasteiger partial charge >= 0.3 is 0 Å². The van der Waals surface area contributed by atoms with Crippen molar-refractivity contribution in [3.63, 3.8) is 0 Å². The maximum Gasteiger partial charge on any atom is 0.243 e. The number of aryl methyl sites for hydroxylation is 1. The zero-order valence-corrected chi connectivity index (χ0v) is 14.7. The molecule has 2 aromatic carbocycles. The molecule has 0 aliphatic heterocycles. The largest absolute Gasteiger partial charge is 0.347 e. The van der Waals surface area contributed by atoms with Gasteiger partial charge in [-0.2, -0.15) is 0 Å². The van der Waals surface area contributed by atoms with Crippen LogP contribution in [0.4, 0.5) is 5.69 Å². The van der Waals surface area contributed by atoms with Gasteiger partial charge in [-0.15, -0.1) is 0 Å². The van der Waals surface area contributed by atoms with Crippen LogP contribution >= 0.6 is 0 Å². The lowest BCUT2D eigenvalue weighted by molar-refractivity contribution is -0.123. The number of amides is 2. The maximum atomic E-state index is 12.2. The van der Waals surface area contributed by atoms with E-state index in [9.17, 15) is 18.0 Å². The Kier molecular flexibility index (Phi) is 6.30. The van der Waals surface area contributed by atoms with Crippen molar-refractivity contribution in [2.75, 3.05) is 17.6 Å². The minimum atomic E-state index is -3.52. The Labute approximate surface area is 147 Å². The zero-order chi connectivity index (χ0) is 18.3. The first-order valence-electron chi connectivity index (χ1n) is 7.78. The Hall–Kier alpha value is -2.67. The standard InChI is InChI=1S/C18H20N2O4S/c1-14-7-9-16(10-8-14)25(23,24)12-11-17(21)19-13-18(22)20-15-5-3-2-4-6-15/h2-10H,11-13H2,1H3,(H,19,21)(H,20,22). The van der Waals surface area contributed by atoms with Gasteiger partial charge in [0, 0.05) is 12.1 Å². The molecule has 0 aliphatic carbocycles. The highest BCUT2D eigenvalue weighted by Gasteiger charge is 2.16. The Bertz CT molecular complexity index is 831. The van der Waals surface area contributed by atoms with E-state index in [4.69, 9.17) is 0 Å². The molecule has 2 aromatic rings. The molecule has 25 heavy (non-hydrogen) atoms. The summed E-state index contributed by atoms with van der Waals surface area (Å²) in [5, 5.41) is 5.05. The molecule has 2 rings (SSSR count). The molecule has 0 heterocycles. The molecular weight excluding hydrogens is 340 g/mol. The van der Waals surface area contributed by atoms with Crippen LogP contribution in [0.5, 0.6) is 0 Å². The summed E-state index contributed by atoms with van der Waals surface area (Å²) in [4.78, 5) is 23.7. The SMILES string of the molecule is Cc1ccc(S(=O)(=O)CCC(=O)NCC(=O)Nc2ccccc2)cc1. The molecule has 0 aliphatic rings. The number of sulfone groups is 1. The lowest BCUT2D eigenvalue weighted by Gasteiger charge is -2.08. The van der Waals surface area contributed by atoms with Crippen molar-refractivity contribution >= 4 is 27.3 Å². The average molecular weight is 360 g/mol. The van der Waals surface area contributed by atoms with Crippen molar-refractivity contribution in [2.24, 2.45) is 0 Å². The third kappa shape index (κ3) is 6.04. The molecule has 0 unspecified atom stereocenters. The van der Waals surface area contributed by atoms with Crippen LogP contribution in [0.1, 0.15) is 12.0 Å². The number of para-hydroxylation sites is 1. The lowest BCUT2D eigenvalue weighted by Crippen LogP contribution is -2.33. The van der Waals surface area contributed by atoms with E-state index in [1.165, 1.54) is 12.1 Å². The molecule has 2 amide bonds. The van der Waals surface area contributed by atoms with Crippen LogP contribution in [0.2, 0.25) is 0 Å². The Balaban J connectivity index is 1.78. The molecule has 0 atom stereocenters. The van der Waals surface area contributed by atoms with Crippen molar-refractivity contribution in [1.82, 2.24) is 5.32 Å². The second-order valence-electron chi connectivity index (χ2n) is 5.57. The number of anilines is 1. The van der Waals surface area contributed by atoms with Gasteiger partial charge in [0.15, 0.2) is 9.84 Å². The van der Waals surface area contributed by atoms with Crippen molar-refractivity contribution in [3.8, 4) is 0 Å². The highest BCUT2D eigenvalue weighted by Crippen LogP contribution is 2.13. The first-order chi connectivity index (χ1) is 11.9. The average Bonchev–Trinajstić information content (AvgIpc) is 2.59. The Morgan fingerprint density at radius 1 is 0.920 bits per heavy atom. The van der Waals surface area contributed by atoms with E-state index in [0.29, 0.717) is 5.69 Å². The molecule has 0 radical (unpaired) electrons. The van der Waals surface area contributed by atoms with E-state index < -0.39 is 15.7 Å². The third-order valence-electron chi connectivity index (χ3n) is 3.48. The highest BCUT2D eigenvalue weighted by atomic mass is 32.2. The molecule has 0 saturated heterocycles. The summed E-state index contributed by atoms with van der Waals surface area (Å²) in [6.45, 7) is 1.66. The van der Waals surface area contributed by atoms with E-state index >= 15 is 0 Å². The van der Waals surface area contributed by atoms with Gasteiger partial charge in [-0.05, 0) is 31.2 Å². The summed E-state index contributed by atoms with van der Waals surface area (Å²) in [6.07, 6.45) is -0.200. The Morgan fingerprint density at radius 2 is 1.56 bits per heavy atom. The molecule has 7 heteroatoms. The summed E-state index contributed by atoms with van der Waals surface area (Å²) in [5.41, 5.74) is 1.59. The zero-order valence-electron chi connectivity index (χ0n) is 13.9. The van der Waals surface area contributed by atoms with Gasteiger partial charge in [0.1, 0.15) is 0 Å². The van der Waals surface area contributed by atoms with Gasteiger partial charge in [0.05, 0.1) is 17.2 Å². The summed E-state index contributed by atoms with van der Waals surface area (Å²) in [7, 11) is -3.52. The predicted octanol–water partition coefficient (Wildman–Crippen LogP) is 1.91. The topological polar surface area (TPSA) is 92.3 Å². The third-order valence-corrected chi connectivity index (χ3v) is 5.21. The van der Waals surface area contributed by atoms with Gasteiger partial charge in [-0.25, -0.2) is 8.42 Å². The number of hydrogen-bond donors (Lipinski definition) is 2. The number of rotatable bonds is 7. The number of nitrogens with one attached hydrogen (secondary N) is 2. The molecule has 0 fully saturated rings. The van der Waals surface area contributed by atoms with Crippen LogP contribution in [0.3, 0.4) is 0 Å². The number of hydrogen-bond acceptors (Lipinski definition) is 4. The van der Waals surface area contributed by atoms with Crippen molar-refractivity contribution in [2.45, 2.75) is 18.2 Å². The minimum absolute atomic E-state index is 0.188. The van der Waals surface area contributed by atoms with Gasteiger partial charge in [-0.3, -0.25) is 9.59 Å². The molecule has 6 nitrogen and oxygen atoms in total. The fourth-order valence-electron chi connectivity index (χ4n) is 2.08. The summed E-state index contributed by atoms with van der Waals surface area (Å²) in [5.74, 6) is -1.16. The number of carbonyl (C=O) groups excluding carboxylic acids is 2. The predicted molar refractivity (Wildman–Crippen MR) is 95.9 cm³/mol. The van der Waals surface area contributed by atoms with Crippen molar-refractivity contribution < 1.29 is 18.0 Å². The van der Waals surface area contributed by atoms with Crippen LogP contribution < -0.4 is 10.6 Å². The quantitative estimate of drug-likeness (QED) is 0.789. The van der Waals surface area contributed by atoms with Crippen LogP contribution in [0.25, 0.3) is 0 Å². The van der Waals surface area contributed by atoms with Gasteiger partial charge in [0.25, 0.3) is 0 Å². The van der Waals surface area contributed by atoms with E-state index in [1.54, 1.807) is 36.4 Å². The monoisotopic (exact) mass is 360 g/mol. The van der Waals surface area contributed by atoms with E-state index in [0.717, 1.165) is 5.56 Å². The van der Waals surface area contributed by atoms with Crippen LogP contribution in [-0.4, -0.2) is 32.5 Å². The summed E-state index contributed by atoms with van der Waals surface area (Å²) >= 11 is 0. The van der Waals surface area contributed by atoms with Gasteiger partial charge in [-0.1, -0.05) is 35.9 Å².